The minimum atomic E-state index is -3.41. The molecule has 1 heterocycles. The Hall–Kier alpha value is -0.980. The molecule has 0 radical (unpaired) electrons. The van der Waals surface area contributed by atoms with E-state index in [9.17, 15) is 12.8 Å². The minimum absolute atomic E-state index is 0.222. The molecule has 0 atom stereocenters. The van der Waals surface area contributed by atoms with E-state index in [1.165, 1.54) is 6.07 Å². The van der Waals surface area contributed by atoms with Gasteiger partial charge in [-0.3, -0.25) is 4.90 Å². The van der Waals surface area contributed by atoms with E-state index >= 15 is 0 Å². The highest BCUT2D eigenvalue weighted by Gasteiger charge is 2.34. The maximum absolute atomic E-state index is 13.0. The van der Waals surface area contributed by atoms with Crippen molar-refractivity contribution in [1.82, 2.24) is 4.90 Å². The molecule has 1 fully saturated rings. The lowest BCUT2D eigenvalue weighted by atomic mass is 10.1. The third-order valence-electron chi connectivity index (χ3n) is 3.02. The monoisotopic (exact) mass is 258 g/mol. The molecule has 0 spiro atoms. The van der Waals surface area contributed by atoms with Crippen LogP contribution in [0.4, 0.5) is 4.39 Å². The van der Waals surface area contributed by atoms with Gasteiger partial charge in [-0.25, -0.2) is 17.9 Å². The second kappa shape index (κ2) is 4.36. The molecule has 2 N–H and O–H groups in total. The zero-order chi connectivity index (χ0) is 12.6. The van der Waals surface area contributed by atoms with Crippen LogP contribution >= 0.6 is 0 Å². The van der Waals surface area contributed by atoms with E-state index in [1.807, 2.05) is 4.90 Å². The van der Waals surface area contributed by atoms with Crippen molar-refractivity contribution in [3.63, 3.8) is 0 Å². The SMILES string of the molecule is Cc1cc(CN2CC(S(N)(=O)=O)C2)ccc1F. The normalized spacial score (nSPS) is 18.1. The Morgan fingerprint density at radius 3 is 2.65 bits per heavy atom. The standard InChI is InChI=1S/C11H15FN2O2S/c1-8-4-9(2-3-11(8)12)5-14-6-10(7-14)17(13,15)16/h2-4,10H,5-7H2,1H3,(H2,13,15,16). The van der Waals surface area contributed by atoms with Crippen LogP contribution in [-0.2, 0) is 16.6 Å². The molecule has 0 bridgehead atoms. The van der Waals surface area contributed by atoms with E-state index in [0.717, 1.165) is 5.56 Å². The van der Waals surface area contributed by atoms with Gasteiger partial charge in [-0.1, -0.05) is 12.1 Å². The van der Waals surface area contributed by atoms with Crippen molar-refractivity contribution in [2.24, 2.45) is 5.14 Å². The molecule has 94 valence electrons. The number of hydrogen-bond acceptors (Lipinski definition) is 3. The summed E-state index contributed by atoms with van der Waals surface area (Å²) >= 11 is 0. The van der Waals surface area contributed by atoms with Gasteiger partial charge in [0.15, 0.2) is 0 Å². The molecule has 2 rings (SSSR count). The summed E-state index contributed by atoms with van der Waals surface area (Å²) in [5.41, 5.74) is 1.59. The van der Waals surface area contributed by atoms with Crippen molar-refractivity contribution in [3.8, 4) is 0 Å². The molecule has 1 aliphatic heterocycles. The van der Waals surface area contributed by atoms with Crippen LogP contribution in [0.1, 0.15) is 11.1 Å². The predicted octanol–water partition coefficient (Wildman–Crippen LogP) is 0.607. The Labute approximate surface area is 100 Å². The number of hydrogen-bond donors (Lipinski definition) is 1. The lowest BCUT2D eigenvalue weighted by Gasteiger charge is -2.37. The molecule has 1 saturated heterocycles. The number of halogens is 1. The van der Waals surface area contributed by atoms with E-state index < -0.39 is 15.3 Å². The lowest BCUT2D eigenvalue weighted by molar-refractivity contribution is 0.176. The Bertz CT molecular complexity index is 524. The quantitative estimate of drug-likeness (QED) is 0.864. The summed E-state index contributed by atoms with van der Waals surface area (Å²) in [6, 6.07) is 4.92. The van der Waals surface area contributed by atoms with Crippen molar-refractivity contribution in [2.75, 3.05) is 13.1 Å². The maximum atomic E-state index is 13.0. The van der Waals surface area contributed by atoms with E-state index in [1.54, 1.807) is 19.1 Å². The van der Waals surface area contributed by atoms with E-state index in [0.29, 0.717) is 25.2 Å². The van der Waals surface area contributed by atoms with Crippen molar-refractivity contribution in [1.29, 1.82) is 0 Å². The molecule has 0 aliphatic carbocycles. The fourth-order valence-corrected chi connectivity index (χ4v) is 2.76. The number of nitrogens with zero attached hydrogens (tertiary/aromatic N) is 1. The van der Waals surface area contributed by atoms with Gasteiger partial charge in [0.1, 0.15) is 11.1 Å². The number of benzene rings is 1. The molecule has 1 aromatic rings. The Morgan fingerprint density at radius 2 is 2.12 bits per heavy atom. The minimum Gasteiger partial charge on any atom is -0.296 e. The van der Waals surface area contributed by atoms with Crippen LogP contribution < -0.4 is 5.14 Å². The van der Waals surface area contributed by atoms with Crippen molar-refractivity contribution in [3.05, 3.63) is 35.1 Å². The van der Waals surface area contributed by atoms with Crippen LogP contribution in [0, 0.1) is 12.7 Å². The Morgan fingerprint density at radius 1 is 1.47 bits per heavy atom. The lowest BCUT2D eigenvalue weighted by Crippen LogP contribution is -2.55. The molecule has 17 heavy (non-hydrogen) atoms. The fourth-order valence-electron chi connectivity index (χ4n) is 1.92. The number of nitrogens with two attached hydrogens (primary N) is 1. The summed E-state index contributed by atoms with van der Waals surface area (Å²) in [7, 11) is -3.41. The molecule has 0 amide bonds. The topological polar surface area (TPSA) is 63.4 Å². The van der Waals surface area contributed by atoms with Gasteiger partial charge in [0.05, 0.1) is 0 Å². The van der Waals surface area contributed by atoms with Gasteiger partial charge in [0, 0.05) is 19.6 Å². The van der Waals surface area contributed by atoms with Crippen LogP contribution in [0.25, 0.3) is 0 Å². The second-order valence-electron chi connectivity index (χ2n) is 4.49. The van der Waals surface area contributed by atoms with E-state index in [2.05, 4.69) is 0 Å². The van der Waals surface area contributed by atoms with Gasteiger partial charge in [-0.2, -0.15) is 0 Å². The van der Waals surface area contributed by atoms with Crippen LogP contribution in [0.3, 0.4) is 0 Å². The van der Waals surface area contributed by atoms with Gasteiger partial charge in [-0.15, -0.1) is 0 Å². The average Bonchev–Trinajstić information content (AvgIpc) is 2.14. The van der Waals surface area contributed by atoms with Crippen LogP contribution in [0.2, 0.25) is 0 Å². The number of aryl methyl sites for hydroxylation is 1. The average molecular weight is 258 g/mol. The third kappa shape index (κ3) is 2.83. The highest BCUT2D eigenvalue weighted by Crippen LogP contribution is 2.18. The smallest absolute Gasteiger partial charge is 0.214 e. The molecular weight excluding hydrogens is 243 g/mol. The van der Waals surface area contributed by atoms with Crippen LogP contribution in [-0.4, -0.2) is 31.7 Å². The predicted molar refractivity (Wildman–Crippen MR) is 63.3 cm³/mol. The molecule has 1 aromatic carbocycles. The number of sulfonamides is 1. The first-order valence-electron chi connectivity index (χ1n) is 5.35. The molecule has 4 nitrogen and oxygen atoms in total. The van der Waals surface area contributed by atoms with Crippen LogP contribution in [0.5, 0.6) is 0 Å². The fraction of sp³-hybridized carbons (Fsp3) is 0.455. The molecule has 0 unspecified atom stereocenters. The van der Waals surface area contributed by atoms with Gasteiger partial charge in [0.25, 0.3) is 0 Å². The third-order valence-corrected chi connectivity index (χ3v) is 4.24. The molecule has 6 heteroatoms. The maximum Gasteiger partial charge on any atom is 0.214 e. The first-order chi connectivity index (χ1) is 7.86. The zero-order valence-corrected chi connectivity index (χ0v) is 10.4. The van der Waals surface area contributed by atoms with E-state index in [4.69, 9.17) is 5.14 Å². The second-order valence-corrected chi connectivity index (χ2v) is 6.33. The summed E-state index contributed by atoms with van der Waals surface area (Å²) in [5, 5.41) is 4.58. The zero-order valence-electron chi connectivity index (χ0n) is 9.56. The molecule has 1 aliphatic rings. The van der Waals surface area contributed by atoms with Crippen LogP contribution in [0.15, 0.2) is 18.2 Å². The van der Waals surface area contributed by atoms with Gasteiger partial charge < -0.3 is 0 Å². The molecular formula is C11H15FN2O2S. The number of likely N-dealkylation sites (tertiary alicyclic amines) is 1. The summed E-state index contributed by atoms with van der Waals surface area (Å²) in [4.78, 5) is 1.97. The van der Waals surface area contributed by atoms with E-state index in [-0.39, 0.29) is 5.82 Å². The molecule has 0 aromatic heterocycles. The first-order valence-corrected chi connectivity index (χ1v) is 6.96. The summed E-state index contributed by atoms with van der Waals surface area (Å²) < 4.78 is 35.1. The highest BCUT2D eigenvalue weighted by molar-refractivity contribution is 7.89. The largest absolute Gasteiger partial charge is 0.296 e. The van der Waals surface area contributed by atoms with Gasteiger partial charge in [0.2, 0.25) is 10.0 Å². The Kier molecular flexibility index (Phi) is 3.20. The van der Waals surface area contributed by atoms with Crippen molar-refractivity contribution < 1.29 is 12.8 Å². The summed E-state index contributed by atoms with van der Waals surface area (Å²) in [6.45, 7) is 3.25. The Balaban J connectivity index is 1.94. The first kappa shape index (κ1) is 12.5. The van der Waals surface area contributed by atoms with Crippen molar-refractivity contribution >= 4 is 10.0 Å². The number of rotatable bonds is 3. The van der Waals surface area contributed by atoms with Gasteiger partial charge >= 0.3 is 0 Å². The molecule has 0 saturated carbocycles. The highest BCUT2D eigenvalue weighted by atomic mass is 32.2. The van der Waals surface area contributed by atoms with Crippen molar-refractivity contribution in [2.45, 2.75) is 18.7 Å². The summed E-state index contributed by atoms with van der Waals surface area (Å²) in [6.07, 6.45) is 0. The van der Waals surface area contributed by atoms with Gasteiger partial charge in [-0.05, 0) is 24.1 Å². The summed E-state index contributed by atoms with van der Waals surface area (Å²) in [5.74, 6) is -0.222. The number of primary sulfonamides is 1.